The van der Waals surface area contributed by atoms with Gasteiger partial charge in [-0.3, -0.25) is 0 Å². The molecule has 7 nitrogen and oxygen atoms in total. The van der Waals surface area contributed by atoms with Crippen LogP contribution in [0.25, 0.3) is 0 Å². The molecule has 2 aromatic carbocycles. The molecule has 27 heavy (non-hydrogen) atoms. The molecule has 2 rings (SSSR count). The molecular formula is C20H25NO6. The monoisotopic (exact) mass is 375 g/mol. The van der Waals surface area contributed by atoms with Crippen molar-refractivity contribution < 1.29 is 29.3 Å². The number of methoxy groups -OCH3 is 2. The Hall–Kier alpha value is -3.22. The molecular weight excluding hydrogens is 350 g/mol. The van der Waals surface area contributed by atoms with Crippen molar-refractivity contribution >= 4 is 17.6 Å². The molecule has 0 aliphatic heterocycles. The predicted molar refractivity (Wildman–Crippen MR) is 103 cm³/mol. The second-order valence-corrected chi connectivity index (χ2v) is 5.87. The fourth-order valence-electron chi connectivity index (χ4n) is 2.49. The van der Waals surface area contributed by atoms with Crippen molar-refractivity contribution in [1.29, 1.82) is 0 Å². The first-order chi connectivity index (χ1) is 12.7. The zero-order valence-electron chi connectivity index (χ0n) is 16.1. The van der Waals surface area contributed by atoms with Gasteiger partial charge in [-0.05, 0) is 50.1 Å². The van der Waals surface area contributed by atoms with E-state index >= 15 is 0 Å². The molecule has 0 saturated carbocycles. The molecule has 0 unspecified atom stereocenters. The Morgan fingerprint density at radius 3 is 2.11 bits per heavy atom. The zero-order chi connectivity index (χ0) is 20.6. The van der Waals surface area contributed by atoms with E-state index in [0.717, 1.165) is 34.9 Å². The van der Waals surface area contributed by atoms with Gasteiger partial charge in [0.1, 0.15) is 11.5 Å². The maximum absolute atomic E-state index is 9.10. The lowest BCUT2D eigenvalue weighted by atomic mass is 10.1. The van der Waals surface area contributed by atoms with Gasteiger partial charge in [0.15, 0.2) is 0 Å². The molecule has 0 fully saturated rings. The Morgan fingerprint density at radius 2 is 1.59 bits per heavy atom. The molecule has 0 heterocycles. The molecule has 0 radical (unpaired) electrons. The van der Waals surface area contributed by atoms with Gasteiger partial charge in [-0.25, -0.2) is 9.59 Å². The number of carboxylic acids is 2. The quantitative estimate of drug-likeness (QED) is 0.688. The summed E-state index contributed by atoms with van der Waals surface area (Å²) in [5.41, 5.74) is 5.80. The van der Waals surface area contributed by atoms with Crippen molar-refractivity contribution in [3.05, 3.63) is 52.6 Å². The summed E-state index contributed by atoms with van der Waals surface area (Å²) in [7, 11) is 3.37. The third kappa shape index (κ3) is 6.22. The summed E-state index contributed by atoms with van der Waals surface area (Å²) in [6.45, 7) is 6.94. The number of aryl methyl sites for hydroxylation is 2. The highest BCUT2D eigenvalue weighted by Crippen LogP contribution is 2.32. The van der Waals surface area contributed by atoms with Gasteiger partial charge in [0.05, 0.1) is 14.2 Å². The maximum Gasteiger partial charge on any atom is 0.414 e. The van der Waals surface area contributed by atoms with Crippen LogP contribution in [0.2, 0.25) is 0 Å². The summed E-state index contributed by atoms with van der Waals surface area (Å²) in [6.07, 6.45) is 0. The first-order valence-electron chi connectivity index (χ1n) is 8.19. The molecule has 0 aliphatic rings. The predicted octanol–water partition coefficient (Wildman–Crippen LogP) is 3.40. The lowest BCUT2D eigenvalue weighted by Crippen LogP contribution is -2.09. The molecule has 146 valence electrons. The second-order valence-electron chi connectivity index (χ2n) is 5.87. The molecule has 0 spiro atoms. The average Bonchev–Trinajstić information content (AvgIpc) is 2.63. The fraction of sp³-hybridized carbons (Fsp3) is 0.300. The zero-order valence-corrected chi connectivity index (χ0v) is 16.1. The number of hydrogen-bond donors (Lipinski definition) is 3. The first kappa shape index (κ1) is 21.8. The number of aliphatic carboxylic acids is 2. The molecule has 2 aromatic rings. The van der Waals surface area contributed by atoms with E-state index in [4.69, 9.17) is 29.3 Å². The number of rotatable bonds is 5. The van der Waals surface area contributed by atoms with E-state index in [1.165, 1.54) is 11.1 Å². The van der Waals surface area contributed by atoms with Gasteiger partial charge in [0, 0.05) is 23.4 Å². The number of hydrogen-bond acceptors (Lipinski definition) is 5. The van der Waals surface area contributed by atoms with E-state index in [2.05, 4.69) is 37.4 Å². The first-order valence-corrected chi connectivity index (χ1v) is 8.19. The molecule has 0 aliphatic carbocycles. The number of benzene rings is 2. The van der Waals surface area contributed by atoms with Crippen molar-refractivity contribution in [3.63, 3.8) is 0 Å². The molecule has 0 aromatic heterocycles. The third-order valence-corrected chi connectivity index (χ3v) is 3.91. The summed E-state index contributed by atoms with van der Waals surface area (Å²) in [5.74, 6) is -1.92. The summed E-state index contributed by atoms with van der Waals surface area (Å²) < 4.78 is 10.9. The lowest BCUT2D eigenvalue weighted by Gasteiger charge is -2.16. The topological polar surface area (TPSA) is 105 Å². The van der Waals surface area contributed by atoms with Crippen LogP contribution >= 0.6 is 0 Å². The molecule has 0 saturated heterocycles. The van der Waals surface area contributed by atoms with E-state index in [9.17, 15) is 0 Å². The standard InChI is InChI=1S/C18H23NO2.C2H2O4/c1-12-6-7-13(2)16(10-12)19-11-15-8-9-17(20-4)14(3)18(15)21-5;3-1(4)2(5)6/h6-10,19H,11H2,1-5H3;(H,3,4)(H,5,6). The second kappa shape index (κ2) is 10.1. The van der Waals surface area contributed by atoms with Gasteiger partial charge < -0.3 is 25.0 Å². The van der Waals surface area contributed by atoms with Crippen LogP contribution in [0.4, 0.5) is 5.69 Å². The highest BCUT2D eigenvalue weighted by atomic mass is 16.5. The molecule has 0 amide bonds. The Kier molecular flexibility index (Phi) is 8.13. The normalized spacial score (nSPS) is 9.67. The van der Waals surface area contributed by atoms with E-state index < -0.39 is 11.9 Å². The number of carbonyl (C=O) groups is 2. The molecule has 3 N–H and O–H groups in total. The summed E-state index contributed by atoms with van der Waals surface area (Å²) in [6, 6.07) is 10.5. The van der Waals surface area contributed by atoms with Gasteiger partial charge in [-0.2, -0.15) is 0 Å². The van der Waals surface area contributed by atoms with Crippen molar-refractivity contribution in [2.45, 2.75) is 27.3 Å². The molecule has 0 atom stereocenters. The minimum Gasteiger partial charge on any atom is -0.496 e. The van der Waals surface area contributed by atoms with Gasteiger partial charge >= 0.3 is 11.9 Å². The van der Waals surface area contributed by atoms with Crippen LogP contribution in [0.3, 0.4) is 0 Å². The average molecular weight is 375 g/mol. The Bertz CT molecular complexity index is 804. The lowest BCUT2D eigenvalue weighted by molar-refractivity contribution is -0.159. The van der Waals surface area contributed by atoms with Crippen LogP contribution in [0, 0.1) is 20.8 Å². The molecule has 0 bridgehead atoms. The largest absolute Gasteiger partial charge is 0.496 e. The van der Waals surface area contributed by atoms with Crippen molar-refractivity contribution in [3.8, 4) is 11.5 Å². The van der Waals surface area contributed by atoms with E-state index in [1.54, 1.807) is 14.2 Å². The van der Waals surface area contributed by atoms with Gasteiger partial charge in [-0.1, -0.05) is 12.1 Å². The van der Waals surface area contributed by atoms with Crippen molar-refractivity contribution in [1.82, 2.24) is 0 Å². The van der Waals surface area contributed by atoms with E-state index in [1.807, 2.05) is 19.1 Å². The fourth-order valence-corrected chi connectivity index (χ4v) is 2.49. The minimum absolute atomic E-state index is 0.721. The summed E-state index contributed by atoms with van der Waals surface area (Å²) in [5, 5.41) is 18.3. The maximum atomic E-state index is 9.10. The van der Waals surface area contributed by atoms with Crippen molar-refractivity contribution in [2.24, 2.45) is 0 Å². The number of anilines is 1. The number of nitrogens with one attached hydrogen (secondary N) is 1. The number of carboxylic acid groups (broad SMARTS) is 2. The summed E-state index contributed by atoms with van der Waals surface area (Å²) in [4.78, 5) is 18.2. The van der Waals surface area contributed by atoms with Crippen LogP contribution in [0.15, 0.2) is 30.3 Å². The van der Waals surface area contributed by atoms with Crippen LogP contribution in [-0.2, 0) is 16.1 Å². The Balaban J connectivity index is 0.000000527. The summed E-state index contributed by atoms with van der Waals surface area (Å²) >= 11 is 0. The van der Waals surface area contributed by atoms with Crippen LogP contribution in [0.1, 0.15) is 22.3 Å². The van der Waals surface area contributed by atoms with Gasteiger partial charge in [-0.15, -0.1) is 0 Å². The van der Waals surface area contributed by atoms with E-state index in [-0.39, 0.29) is 0 Å². The minimum atomic E-state index is -1.82. The Labute approximate surface area is 158 Å². The SMILES string of the molecule is COc1ccc(CNc2cc(C)ccc2C)c(OC)c1C.O=C(O)C(=O)O. The smallest absolute Gasteiger partial charge is 0.414 e. The van der Waals surface area contributed by atoms with Gasteiger partial charge in [0.2, 0.25) is 0 Å². The van der Waals surface area contributed by atoms with Crippen LogP contribution in [0.5, 0.6) is 11.5 Å². The van der Waals surface area contributed by atoms with Gasteiger partial charge in [0.25, 0.3) is 0 Å². The van der Waals surface area contributed by atoms with Crippen LogP contribution in [-0.4, -0.2) is 36.4 Å². The van der Waals surface area contributed by atoms with Crippen LogP contribution < -0.4 is 14.8 Å². The molecule has 7 heteroatoms. The van der Waals surface area contributed by atoms with Crippen molar-refractivity contribution in [2.75, 3.05) is 19.5 Å². The van der Waals surface area contributed by atoms with E-state index in [0.29, 0.717) is 0 Å². The Morgan fingerprint density at radius 1 is 0.963 bits per heavy atom. The third-order valence-electron chi connectivity index (χ3n) is 3.91. The highest BCUT2D eigenvalue weighted by Gasteiger charge is 2.11. The number of ether oxygens (including phenoxy) is 2. The highest BCUT2D eigenvalue weighted by molar-refractivity contribution is 6.27.